The minimum atomic E-state index is -0.146. The molecule has 1 aromatic carbocycles. The van der Waals surface area contributed by atoms with E-state index in [0.717, 1.165) is 0 Å². The smallest absolute Gasteiger partial charge is 0.251 e. The lowest BCUT2D eigenvalue weighted by molar-refractivity contribution is -0.123. The predicted molar refractivity (Wildman–Crippen MR) is 75.5 cm³/mol. The molecule has 1 heterocycles. The van der Waals surface area contributed by atoms with E-state index in [0.29, 0.717) is 17.9 Å². The maximum absolute atomic E-state index is 11.8. The van der Waals surface area contributed by atoms with Crippen LogP contribution in [0.25, 0.3) is 0 Å². The number of amides is 2. The second kappa shape index (κ2) is 6.58. The van der Waals surface area contributed by atoms with Gasteiger partial charge in [-0.3, -0.25) is 14.9 Å². The molecule has 102 valence electrons. The van der Waals surface area contributed by atoms with Crippen molar-refractivity contribution in [3.05, 3.63) is 35.9 Å². The van der Waals surface area contributed by atoms with E-state index in [-0.39, 0.29) is 23.4 Å². The van der Waals surface area contributed by atoms with Gasteiger partial charge in [-0.15, -0.1) is 11.8 Å². The van der Waals surface area contributed by atoms with E-state index in [9.17, 15) is 9.59 Å². The van der Waals surface area contributed by atoms with Crippen molar-refractivity contribution in [2.75, 3.05) is 5.88 Å². The molecule has 0 aliphatic carbocycles. The fourth-order valence-corrected chi connectivity index (χ4v) is 2.74. The van der Waals surface area contributed by atoms with Gasteiger partial charge in [-0.2, -0.15) is 0 Å². The van der Waals surface area contributed by atoms with Crippen LogP contribution in [0.15, 0.2) is 30.3 Å². The molecule has 6 heteroatoms. The Morgan fingerprint density at radius 2 is 2.16 bits per heavy atom. The van der Waals surface area contributed by atoms with Crippen LogP contribution in [0.1, 0.15) is 23.7 Å². The standard InChI is InChI=1S/C13H17N3O2S/c1-9-7-11(17)16-13(15-9)19-8-14-12(18)10-5-3-2-4-6-10/h2-6,9,13,15H,7-8H2,1H3,(H,14,18)(H,16,17). The van der Waals surface area contributed by atoms with Crippen molar-refractivity contribution in [2.45, 2.75) is 24.9 Å². The minimum Gasteiger partial charge on any atom is -0.343 e. The van der Waals surface area contributed by atoms with Gasteiger partial charge < -0.3 is 10.6 Å². The Balaban J connectivity index is 1.74. The third kappa shape index (κ3) is 4.25. The summed E-state index contributed by atoms with van der Waals surface area (Å²) in [5, 5.41) is 8.87. The first kappa shape index (κ1) is 13.9. The fraction of sp³-hybridized carbons (Fsp3) is 0.385. The van der Waals surface area contributed by atoms with Gasteiger partial charge in [0.05, 0.1) is 5.88 Å². The van der Waals surface area contributed by atoms with Crippen LogP contribution in [0.2, 0.25) is 0 Å². The third-order valence-electron chi connectivity index (χ3n) is 2.74. The Labute approximate surface area is 116 Å². The highest BCUT2D eigenvalue weighted by Crippen LogP contribution is 2.10. The number of carbonyl (C=O) groups is 2. The molecule has 2 atom stereocenters. The van der Waals surface area contributed by atoms with Crippen molar-refractivity contribution in [1.82, 2.24) is 16.0 Å². The second-order valence-electron chi connectivity index (χ2n) is 4.40. The molecule has 0 bridgehead atoms. The third-order valence-corrected chi connectivity index (χ3v) is 3.64. The van der Waals surface area contributed by atoms with Gasteiger partial charge in [0.25, 0.3) is 5.91 Å². The Bertz CT molecular complexity index is 452. The van der Waals surface area contributed by atoms with Gasteiger partial charge in [-0.05, 0) is 19.1 Å². The number of carbonyl (C=O) groups excluding carboxylic acids is 2. The predicted octanol–water partition coefficient (Wildman–Crippen LogP) is 0.889. The molecule has 0 radical (unpaired) electrons. The van der Waals surface area contributed by atoms with E-state index in [2.05, 4.69) is 16.0 Å². The summed E-state index contributed by atoms with van der Waals surface area (Å²) in [5.74, 6) is 0.375. The molecule has 2 amide bonds. The van der Waals surface area contributed by atoms with E-state index < -0.39 is 0 Å². The Hall–Kier alpha value is -1.53. The number of hydrogen-bond donors (Lipinski definition) is 3. The van der Waals surface area contributed by atoms with Crippen LogP contribution in [0.3, 0.4) is 0 Å². The highest BCUT2D eigenvalue weighted by atomic mass is 32.2. The molecule has 0 aromatic heterocycles. The summed E-state index contributed by atoms with van der Waals surface area (Å²) in [7, 11) is 0. The fourth-order valence-electron chi connectivity index (χ4n) is 1.81. The minimum absolute atomic E-state index is 0.0399. The van der Waals surface area contributed by atoms with Gasteiger partial charge in [0, 0.05) is 18.0 Å². The SMILES string of the molecule is CC1CC(=O)NC(SCNC(=O)c2ccccc2)N1. The normalized spacial score (nSPS) is 22.7. The Kier molecular flexibility index (Phi) is 4.81. The zero-order valence-electron chi connectivity index (χ0n) is 10.7. The molecule has 5 nitrogen and oxygen atoms in total. The van der Waals surface area contributed by atoms with Crippen LogP contribution in [-0.2, 0) is 4.79 Å². The van der Waals surface area contributed by atoms with E-state index in [1.54, 1.807) is 12.1 Å². The van der Waals surface area contributed by atoms with Crippen molar-refractivity contribution in [2.24, 2.45) is 0 Å². The zero-order chi connectivity index (χ0) is 13.7. The molecule has 3 N–H and O–H groups in total. The van der Waals surface area contributed by atoms with Gasteiger partial charge >= 0.3 is 0 Å². The molecule has 1 aliphatic heterocycles. The van der Waals surface area contributed by atoms with Crippen molar-refractivity contribution < 1.29 is 9.59 Å². The van der Waals surface area contributed by atoms with Crippen molar-refractivity contribution in [3.8, 4) is 0 Å². The van der Waals surface area contributed by atoms with Crippen LogP contribution in [0.5, 0.6) is 0 Å². The Morgan fingerprint density at radius 1 is 1.42 bits per heavy atom. The van der Waals surface area contributed by atoms with Crippen LogP contribution in [-0.4, -0.2) is 29.2 Å². The average molecular weight is 279 g/mol. The molecule has 0 spiro atoms. The van der Waals surface area contributed by atoms with E-state index >= 15 is 0 Å². The second-order valence-corrected chi connectivity index (χ2v) is 5.50. The first-order chi connectivity index (χ1) is 9.15. The average Bonchev–Trinajstić information content (AvgIpc) is 2.38. The van der Waals surface area contributed by atoms with E-state index in [1.807, 2.05) is 25.1 Å². The summed E-state index contributed by atoms with van der Waals surface area (Å²) in [6.45, 7) is 1.97. The summed E-state index contributed by atoms with van der Waals surface area (Å²) >= 11 is 1.45. The summed E-state index contributed by atoms with van der Waals surface area (Å²) in [4.78, 5) is 23.1. The van der Waals surface area contributed by atoms with Gasteiger partial charge in [0.2, 0.25) is 5.91 Å². The molecule has 1 fully saturated rings. The summed E-state index contributed by atoms with van der Waals surface area (Å²) in [6.07, 6.45) is 0.493. The topological polar surface area (TPSA) is 70.2 Å². The lowest BCUT2D eigenvalue weighted by atomic mass is 10.2. The molecule has 0 saturated carbocycles. The van der Waals surface area contributed by atoms with E-state index in [1.165, 1.54) is 11.8 Å². The molecule has 19 heavy (non-hydrogen) atoms. The molecule has 1 saturated heterocycles. The maximum Gasteiger partial charge on any atom is 0.251 e. The van der Waals surface area contributed by atoms with Gasteiger partial charge in [-0.25, -0.2) is 0 Å². The van der Waals surface area contributed by atoms with Crippen molar-refractivity contribution in [1.29, 1.82) is 0 Å². The van der Waals surface area contributed by atoms with Gasteiger partial charge in [0.1, 0.15) is 5.50 Å². The number of thioether (sulfide) groups is 1. The number of nitrogens with one attached hydrogen (secondary N) is 3. The molecular weight excluding hydrogens is 262 g/mol. The summed E-state index contributed by atoms with van der Waals surface area (Å²) in [5.41, 5.74) is 0.490. The van der Waals surface area contributed by atoms with Crippen LogP contribution in [0.4, 0.5) is 0 Å². The number of rotatable bonds is 4. The Morgan fingerprint density at radius 3 is 2.84 bits per heavy atom. The van der Waals surface area contributed by atoms with Crippen LogP contribution >= 0.6 is 11.8 Å². The zero-order valence-corrected chi connectivity index (χ0v) is 11.5. The first-order valence-electron chi connectivity index (χ1n) is 6.15. The van der Waals surface area contributed by atoms with E-state index in [4.69, 9.17) is 0 Å². The van der Waals surface area contributed by atoms with Crippen molar-refractivity contribution in [3.63, 3.8) is 0 Å². The molecule has 2 rings (SSSR count). The van der Waals surface area contributed by atoms with Crippen LogP contribution < -0.4 is 16.0 Å². The summed E-state index contributed by atoms with van der Waals surface area (Å²) in [6, 6.07) is 9.22. The van der Waals surface area contributed by atoms with Crippen LogP contribution in [0, 0.1) is 0 Å². The molecule has 2 unspecified atom stereocenters. The summed E-state index contributed by atoms with van der Waals surface area (Å²) < 4.78 is 0. The van der Waals surface area contributed by atoms with Crippen molar-refractivity contribution >= 4 is 23.6 Å². The molecular formula is C13H17N3O2S. The lowest BCUT2D eigenvalue weighted by Gasteiger charge is -2.28. The largest absolute Gasteiger partial charge is 0.343 e. The number of benzene rings is 1. The van der Waals surface area contributed by atoms with Gasteiger partial charge in [-0.1, -0.05) is 18.2 Å². The van der Waals surface area contributed by atoms with Gasteiger partial charge in [0.15, 0.2) is 0 Å². The monoisotopic (exact) mass is 279 g/mol. The molecule has 1 aliphatic rings. The quantitative estimate of drug-likeness (QED) is 0.716. The highest BCUT2D eigenvalue weighted by Gasteiger charge is 2.22. The first-order valence-corrected chi connectivity index (χ1v) is 7.20. The maximum atomic E-state index is 11.8. The highest BCUT2D eigenvalue weighted by molar-refractivity contribution is 7.99. The lowest BCUT2D eigenvalue weighted by Crippen LogP contribution is -2.54. The molecule has 1 aromatic rings. The number of hydrogen-bond acceptors (Lipinski definition) is 4.